The Morgan fingerprint density at radius 1 is 0.900 bits per heavy atom. The second-order valence-corrected chi connectivity index (χ2v) is 7.92. The van der Waals surface area contributed by atoms with Gasteiger partial charge in [0, 0.05) is 38.3 Å². The van der Waals surface area contributed by atoms with Crippen molar-refractivity contribution in [1.82, 2.24) is 15.5 Å². The normalized spacial score (nSPS) is 19.3. The van der Waals surface area contributed by atoms with E-state index < -0.39 is 0 Å². The summed E-state index contributed by atoms with van der Waals surface area (Å²) in [6.45, 7) is 7.69. The molecule has 0 aromatic heterocycles. The molecule has 2 aromatic carbocycles. The van der Waals surface area contributed by atoms with Crippen LogP contribution in [0.2, 0.25) is 0 Å². The standard InChI is InChI=1S/C24H31N3O3/c1-18-15-27(16-19(2)30-18)17-21-8-10-22(11-9-21)24(29)26-13-12-25-23(28)14-20-6-4-3-5-7-20/h3-11,18-19H,12-17H2,1-2H3,(H,25,28)(H,26,29). The van der Waals surface area contributed by atoms with Crippen molar-refractivity contribution in [3.63, 3.8) is 0 Å². The summed E-state index contributed by atoms with van der Waals surface area (Å²) in [5, 5.41) is 5.68. The van der Waals surface area contributed by atoms with Crippen LogP contribution in [-0.4, -0.2) is 55.1 Å². The van der Waals surface area contributed by atoms with Crippen molar-refractivity contribution in [2.75, 3.05) is 26.2 Å². The van der Waals surface area contributed by atoms with Gasteiger partial charge in [-0.2, -0.15) is 0 Å². The van der Waals surface area contributed by atoms with Gasteiger partial charge in [0.1, 0.15) is 0 Å². The van der Waals surface area contributed by atoms with E-state index in [4.69, 9.17) is 4.74 Å². The Hall–Kier alpha value is -2.70. The molecule has 1 heterocycles. The van der Waals surface area contributed by atoms with Crippen molar-refractivity contribution in [1.29, 1.82) is 0 Å². The average molecular weight is 410 g/mol. The van der Waals surface area contributed by atoms with Gasteiger partial charge in [0.2, 0.25) is 5.91 Å². The Morgan fingerprint density at radius 2 is 1.53 bits per heavy atom. The minimum Gasteiger partial charge on any atom is -0.373 e. The average Bonchev–Trinajstić information content (AvgIpc) is 2.71. The van der Waals surface area contributed by atoms with Crippen molar-refractivity contribution in [3.05, 3.63) is 71.3 Å². The summed E-state index contributed by atoms with van der Waals surface area (Å²) in [5.41, 5.74) is 2.78. The molecule has 0 aliphatic carbocycles. The maximum Gasteiger partial charge on any atom is 0.251 e. The Labute approximate surface area is 178 Å². The summed E-state index contributed by atoms with van der Waals surface area (Å²) < 4.78 is 5.77. The molecule has 0 radical (unpaired) electrons. The molecule has 1 aliphatic rings. The van der Waals surface area contributed by atoms with E-state index in [1.165, 1.54) is 5.56 Å². The first-order valence-electron chi connectivity index (χ1n) is 10.5. The van der Waals surface area contributed by atoms with Crippen LogP contribution in [-0.2, 0) is 22.5 Å². The number of hydrogen-bond acceptors (Lipinski definition) is 4. The molecular formula is C24H31N3O3. The molecule has 2 unspecified atom stereocenters. The van der Waals surface area contributed by atoms with Gasteiger partial charge in [-0.05, 0) is 37.1 Å². The summed E-state index contributed by atoms with van der Waals surface area (Å²) in [7, 11) is 0. The van der Waals surface area contributed by atoms with Gasteiger partial charge < -0.3 is 15.4 Å². The Kier molecular flexibility index (Phi) is 7.99. The van der Waals surface area contributed by atoms with Gasteiger partial charge in [-0.15, -0.1) is 0 Å². The first kappa shape index (κ1) is 22.0. The van der Waals surface area contributed by atoms with Gasteiger partial charge >= 0.3 is 0 Å². The number of benzene rings is 2. The van der Waals surface area contributed by atoms with Crippen molar-refractivity contribution < 1.29 is 14.3 Å². The molecule has 2 amide bonds. The molecule has 0 bridgehead atoms. The maximum absolute atomic E-state index is 12.3. The van der Waals surface area contributed by atoms with E-state index in [0.717, 1.165) is 25.2 Å². The first-order chi connectivity index (χ1) is 14.5. The number of nitrogens with zero attached hydrogens (tertiary/aromatic N) is 1. The molecule has 6 nitrogen and oxygen atoms in total. The number of amides is 2. The number of carbonyl (C=O) groups excluding carboxylic acids is 2. The van der Waals surface area contributed by atoms with Crippen LogP contribution >= 0.6 is 0 Å². The van der Waals surface area contributed by atoms with E-state index in [2.05, 4.69) is 29.4 Å². The van der Waals surface area contributed by atoms with Gasteiger partial charge in [-0.1, -0.05) is 42.5 Å². The molecular weight excluding hydrogens is 378 g/mol. The monoisotopic (exact) mass is 409 g/mol. The Morgan fingerprint density at radius 3 is 2.20 bits per heavy atom. The molecule has 0 saturated carbocycles. The lowest BCUT2D eigenvalue weighted by Crippen LogP contribution is -2.44. The highest BCUT2D eigenvalue weighted by Gasteiger charge is 2.22. The third kappa shape index (κ3) is 6.97. The van der Waals surface area contributed by atoms with Crippen LogP contribution in [0.5, 0.6) is 0 Å². The summed E-state index contributed by atoms with van der Waals surface area (Å²) in [6.07, 6.45) is 0.829. The van der Waals surface area contributed by atoms with Crippen LogP contribution in [0, 0.1) is 0 Å². The molecule has 1 saturated heterocycles. The lowest BCUT2D eigenvalue weighted by molar-refractivity contribution is -0.120. The smallest absolute Gasteiger partial charge is 0.251 e. The van der Waals surface area contributed by atoms with Crippen molar-refractivity contribution in [3.8, 4) is 0 Å². The highest BCUT2D eigenvalue weighted by Crippen LogP contribution is 2.14. The summed E-state index contributed by atoms with van der Waals surface area (Å²) in [5.74, 6) is -0.181. The molecule has 30 heavy (non-hydrogen) atoms. The van der Waals surface area contributed by atoms with Crippen LogP contribution in [0.1, 0.15) is 35.3 Å². The number of rotatable bonds is 8. The van der Waals surface area contributed by atoms with Crippen LogP contribution in [0.3, 0.4) is 0 Å². The number of nitrogens with one attached hydrogen (secondary N) is 2. The zero-order valence-electron chi connectivity index (χ0n) is 17.8. The van der Waals surface area contributed by atoms with Crippen LogP contribution in [0.15, 0.2) is 54.6 Å². The Bertz CT molecular complexity index is 813. The third-order valence-corrected chi connectivity index (χ3v) is 5.06. The molecule has 2 aromatic rings. The molecule has 2 atom stereocenters. The van der Waals surface area contributed by atoms with Crippen molar-refractivity contribution in [2.45, 2.75) is 39.0 Å². The molecule has 6 heteroatoms. The van der Waals surface area contributed by atoms with E-state index in [0.29, 0.717) is 25.1 Å². The van der Waals surface area contributed by atoms with Gasteiger partial charge in [-0.25, -0.2) is 0 Å². The summed E-state index contributed by atoms with van der Waals surface area (Å²) in [6, 6.07) is 17.3. The third-order valence-electron chi connectivity index (χ3n) is 5.06. The van der Waals surface area contributed by atoms with Crippen LogP contribution in [0.4, 0.5) is 0 Å². The fourth-order valence-electron chi connectivity index (χ4n) is 3.76. The molecule has 0 spiro atoms. The molecule has 2 N–H and O–H groups in total. The lowest BCUT2D eigenvalue weighted by Gasteiger charge is -2.35. The van der Waals surface area contributed by atoms with Gasteiger partial charge in [-0.3, -0.25) is 14.5 Å². The second-order valence-electron chi connectivity index (χ2n) is 7.92. The maximum atomic E-state index is 12.3. The zero-order chi connectivity index (χ0) is 21.3. The predicted octanol–water partition coefficient (Wildman–Crippen LogP) is 2.38. The number of carbonyl (C=O) groups is 2. The summed E-state index contributed by atoms with van der Waals surface area (Å²) in [4.78, 5) is 26.6. The fraction of sp³-hybridized carbons (Fsp3) is 0.417. The summed E-state index contributed by atoms with van der Waals surface area (Å²) >= 11 is 0. The molecule has 3 rings (SSSR count). The van der Waals surface area contributed by atoms with E-state index in [1.54, 1.807) is 0 Å². The SMILES string of the molecule is CC1CN(Cc2ccc(C(=O)NCCNC(=O)Cc3ccccc3)cc2)CC(C)O1. The van der Waals surface area contributed by atoms with E-state index >= 15 is 0 Å². The number of hydrogen-bond donors (Lipinski definition) is 2. The zero-order valence-corrected chi connectivity index (χ0v) is 17.8. The van der Waals surface area contributed by atoms with Gasteiger partial charge in [0.15, 0.2) is 0 Å². The number of ether oxygens (including phenoxy) is 1. The molecule has 1 aliphatic heterocycles. The molecule has 1 fully saturated rings. The topological polar surface area (TPSA) is 70.7 Å². The van der Waals surface area contributed by atoms with E-state index in [-0.39, 0.29) is 24.0 Å². The van der Waals surface area contributed by atoms with E-state index in [1.807, 2.05) is 54.6 Å². The van der Waals surface area contributed by atoms with Crippen LogP contribution in [0.25, 0.3) is 0 Å². The second kappa shape index (κ2) is 10.9. The van der Waals surface area contributed by atoms with Crippen molar-refractivity contribution >= 4 is 11.8 Å². The minimum atomic E-state index is -0.132. The Balaban J connectivity index is 1.37. The van der Waals surface area contributed by atoms with Gasteiger partial charge in [0.05, 0.1) is 18.6 Å². The largest absolute Gasteiger partial charge is 0.373 e. The lowest BCUT2D eigenvalue weighted by atomic mass is 10.1. The first-order valence-corrected chi connectivity index (χ1v) is 10.5. The quantitative estimate of drug-likeness (QED) is 0.657. The fourth-order valence-corrected chi connectivity index (χ4v) is 3.76. The molecule has 160 valence electrons. The highest BCUT2D eigenvalue weighted by atomic mass is 16.5. The minimum absolute atomic E-state index is 0.0495. The van der Waals surface area contributed by atoms with Crippen molar-refractivity contribution in [2.24, 2.45) is 0 Å². The number of morpholine rings is 1. The van der Waals surface area contributed by atoms with Gasteiger partial charge in [0.25, 0.3) is 5.91 Å². The van der Waals surface area contributed by atoms with Crippen LogP contribution < -0.4 is 10.6 Å². The highest BCUT2D eigenvalue weighted by molar-refractivity contribution is 5.94. The predicted molar refractivity (Wildman–Crippen MR) is 117 cm³/mol. The van der Waals surface area contributed by atoms with E-state index in [9.17, 15) is 9.59 Å².